The van der Waals surface area contributed by atoms with Crippen LogP contribution < -0.4 is 4.90 Å². The normalized spacial score (nSPS) is 15.4. The van der Waals surface area contributed by atoms with Gasteiger partial charge in [0.05, 0.1) is 24.9 Å². The molecule has 0 amide bonds. The van der Waals surface area contributed by atoms with E-state index in [1.54, 1.807) is 20.2 Å². The van der Waals surface area contributed by atoms with E-state index in [1.807, 2.05) is 6.92 Å². The number of pyridine rings is 1. The van der Waals surface area contributed by atoms with Gasteiger partial charge in [0.1, 0.15) is 23.5 Å². The molecule has 4 aromatic rings. The maximum atomic E-state index is 13.3. The van der Waals surface area contributed by atoms with Crippen molar-refractivity contribution in [1.29, 1.82) is 0 Å². The van der Waals surface area contributed by atoms with Crippen molar-refractivity contribution in [3.8, 4) is 23.2 Å². The second-order valence-corrected chi connectivity index (χ2v) is 7.40. The van der Waals surface area contributed by atoms with Crippen LogP contribution in [0.25, 0.3) is 23.2 Å². The fourth-order valence-electron chi connectivity index (χ4n) is 3.87. The fraction of sp³-hybridized carbons (Fsp3) is 0.300. The first-order chi connectivity index (χ1) is 15.9. The molecule has 4 aromatic heterocycles. The van der Waals surface area contributed by atoms with Crippen molar-refractivity contribution >= 4 is 5.82 Å². The van der Waals surface area contributed by atoms with Gasteiger partial charge in [0, 0.05) is 18.9 Å². The summed E-state index contributed by atoms with van der Waals surface area (Å²) in [4.78, 5) is 18.9. The third-order valence-corrected chi connectivity index (χ3v) is 5.35. The SMILES string of the molecule is CC[C@@H]1c2nncn2-c2cnc(-n3ccnc3-c3ccc(F)cn3)nc2N1CCC(F)(F)F. The smallest absolute Gasteiger partial charge is 0.344 e. The molecule has 0 aromatic carbocycles. The Balaban J connectivity index is 1.61. The molecule has 0 fully saturated rings. The Morgan fingerprint density at radius 1 is 1.06 bits per heavy atom. The Labute approximate surface area is 184 Å². The van der Waals surface area contributed by atoms with E-state index in [9.17, 15) is 17.6 Å². The lowest BCUT2D eigenvalue weighted by Crippen LogP contribution is -2.38. The number of imidazole rings is 1. The Morgan fingerprint density at radius 2 is 1.91 bits per heavy atom. The van der Waals surface area contributed by atoms with Crippen LogP contribution in [0.2, 0.25) is 0 Å². The van der Waals surface area contributed by atoms with Crippen LogP contribution in [0.5, 0.6) is 0 Å². The molecule has 1 atom stereocenters. The first-order valence-corrected chi connectivity index (χ1v) is 10.1. The highest BCUT2D eigenvalue weighted by Crippen LogP contribution is 2.39. The molecule has 9 nitrogen and oxygen atoms in total. The van der Waals surface area contributed by atoms with E-state index < -0.39 is 24.5 Å². The van der Waals surface area contributed by atoms with Crippen LogP contribution in [0.1, 0.15) is 31.6 Å². The summed E-state index contributed by atoms with van der Waals surface area (Å²) < 4.78 is 55.8. The molecule has 0 bridgehead atoms. The van der Waals surface area contributed by atoms with Crippen LogP contribution >= 0.6 is 0 Å². The predicted molar refractivity (Wildman–Crippen MR) is 108 cm³/mol. The molecule has 0 spiro atoms. The van der Waals surface area contributed by atoms with Gasteiger partial charge in [-0.1, -0.05) is 6.92 Å². The van der Waals surface area contributed by atoms with Crippen molar-refractivity contribution in [2.24, 2.45) is 0 Å². The number of fused-ring (bicyclic) bond motifs is 3. The third-order valence-electron chi connectivity index (χ3n) is 5.35. The van der Waals surface area contributed by atoms with E-state index in [4.69, 9.17) is 0 Å². The summed E-state index contributed by atoms with van der Waals surface area (Å²) in [7, 11) is 0. The van der Waals surface area contributed by atoms with Crippen molar-refractivity contribution in [2.75, 3.05) is 11.4 Å². The fourth-order valence-corrected chi connectivity index (χ4v) is 3.87. The number of nitrogens with zero attached hydrogens (tertiary/aromatic N) is 9. The first-order valence-electron chi connectivity index (χ1n) is 10.1. The summed E-state index contributed by atoms with van der Waals surface area (Å²) in [5.41, 5.74) is 0.872. The van der Waals surface area contributed by atoms with E-state index in [1.165, 1.54) is 30.9 Å². The second-order valence-electron chi connectivity index (χ2n) is 7.40. The molecule has 33 heavy (non-hydrogen) atoms. The van der Waals surface area contributed by atoms with Crippen molar-refractivity contribution in [3.05, 3.63) is 54.9 Å². The van der Waals surface area contributed by atoms with Crippen LogP contribution in [0.3, 0.4) is 0 Å². The summed E-state index contributed by atoms with van der Waals surface area (Å²) in [5, 5.41) is 8.05. The summed E-state index contributed by atoms with van der Waals surface area (Å²) in [6.07, 6.45) is 2.36. The number of aromatic nitrogens is 8. The highest BCUT2D eigenvalue weighted by Gasteiger charge is 2.36. The molecule has 0 radical (unpaired) electrons. The van der Waals surface area contributed by atoms with E-state index in [0.29, 0.717) is 35.3 Å². The molecule has 170 valence electrons. The number of hydrogen-bond acceptors (Lipinski definition) is 7. The summed E-state index contributed by atoms with van der Waals surface area (Å²) in [6.45, 7) is 1.57. The van der Waals surface area contributed by atoms with Gasteiger partial charge in [-0.25, -0.2) is 19.3 Å². The summed E-state index contributed by atoms with van der Waals surface area (Å²) >= 11 is 0. The molecule has 0 N–H and O–H groups in total. The molecular formula is C20H17F4N9. The lowest BCUT2D eigenvalue weighted by Gasteiger charge is -2.37. The minimum atomic E-state index is -4.33. The monoisotopic (exact) mass is 459 g/mol. The molecule has 0 saturated heterocycles. The zero-order valence-corrected chi connectivity index (χ0v) is 17.3. The molecule has 0 saturated carbocycles. The molecule has 5 heterocycles. The highest BCUT2D eigenvalue weighted by atomic mass is 19.4. The van der Waals surface area contributed by atoms with Crippen LogP contribution in [0.4, 0.5) is 23.4 Å². The van der Waals surface area contributed by atoms with E-state index in [2.05, 4.69) is 30.1 Å². The second kappa shape index (κ2) is 7.90. The number of rotatable bonds is 5. The standard InChI is InChI=1S/C20H17F4N9/c1-2-14-18-30-28-11-33(18)15-10-27-19(29-17(15)31(14)7-5-20(22,23)24)32-8-6-25-16(32)13-4-3-12(21)9-26-13/h3-4,6,8-11,14H,2,5,7H2,1H3/t14-/m1/s1. The zero-order valence-electron chi connectivity index (χ0n) is 17.3. The summed E-state index contributed by atoms with van der Waals surface area (Å²) in [5.74, 6) is 0.926. The van der Waals surface area contributed by atoms with Gasteiger partial charge in [-0.2, -0.15) is 18.2 Å². The maximum Gasteiger partial charge on any atom is 0.390 e. The first kappa shape index (κ1) is 21.0. The van der Waals surface area contributed by atoms with E-state index >= 15 is 0 Å². The number of alkyl halides is 3. The van der Waals surface area contributed by atoms with E-state index in [0.717, 1.165) is 6.20 Å². The largest absolute Gasteiger partial charge is 0.390 e. The Hall–Kier alpha value is -3.90. The molecular weight excluding hydrogens is 442 g/mol. The quantitative estimate of drug-likeness (QED) is 0.421. The van der Waals surface area contributed by atoms with Gasteiger partial charge < -0.3 is 4.90 Å². The van der Waals surface area contributed by atoms with Gasteiger partial charge in [-0.15, -0.1) is 10.2 Å². The lowest BCUT2D eigenvalue weighted by molar-refractivity contribution is -0.132. The highest BCUT2D eigenvalue weighted by molar-refractivity contribution is 5.62. The Morgan fingerprint density at radius 3 is 2.64 bits per heavy atom. The Bertz CT molecular complexity index is 1280. The van der Waals surface area contributed by atoms with Crippen LogP contribution in [0, 0.1) is 5.82 Å². The van der Waals surface area contributed by atoms with Crippen LogP contribution in [-0.2, 0) is 0 Å². The van der Waals surface area contributed by atoms with Crippen molar-refractivity contribution in [1.82, 2.24) is 39.3 Å². The average molecular weight is 459 g/mol. The van der Waals surface area contributed by atoms with Crippen molar-refractivity contribution < 1.29 is 17.6 Å². The van der Waals surface area contributed by atoms with Gasteiger partial charge in [0.25, 0.3) is 0 Å². The molecule has 0 aliphatic carbocycles. The van der Waals surface area contributed by atoms with Gasteiger partial charge in [-0.05, 0) is 18.6 Å². The molecule has 5 rings (SSSR count). The number of halogens is 4. The lowest BCUT2D eigenvalue weighted by atomic mass is 10.1. The van der Waals surface area contributed by atoms with Gasteiger partial charge in [-0.3, -0.25) is 9.13 Å². The maximum absolute atomic E-state index is 13.3. The average Bonchev–Trinajstić information content (AvgIpc) is 3.47. The van der Waals surface area contributed by atoms with E-state index in [-0.39, 0.29) is 12.5 Å². The molecule has 13 heteroatoms. The molecule has 1 aliphatic rings. The van der Waals surface area contributed by atoms with Crippen LogP contribution in [0.15, 0.2) is 43.2 Å². The summed E-state index contributed by atoms with van der Waals surface area (Å²) in [6, 6.07) is 2.29. The zero-order chi connectivity index (χ0) is 23.2. The number of anilines is 1. The van der Waals surface area contributed by atoms with Crippen molar-refractivity contribution in [2.45, 2.75) is 32.0 Å². The van der Waals surface area contributed by atoms with Gasteiger partial charge in [0.15, 0.2) is 17.5 Å². The minimum absolute atomic E-state index is 0.191. The van der Waals surface area contributed by atoms with Crippen LogP contribution in [-0.4, -0.2) is 52.0 Å². The molecule has 0 unspecified atom stereocenters. The molecule has 1 aliphatic heterocycles. The number of hydrogen-bond donors (Lipinski definition) is 0. The minimum Gasteiger partial charge on any atom is -0.344 e. The van der Waals surface area contributed by atoms with Gasteiger partial charge in [0.2, 0.25) is 5.95 Å². The van der Waals surface area contributed by atoms with Crippen molar-refractivity contribution in [3.63, 3.8) is 0 Å². The van der Waals surface area contributed by atoms with Gasteiger partial charge >= 0.3 is 6.18 Å². The Kier molecular flexibility index (Phi) is 5.02. The topological polar surface area (TPSA) is 90.4 Å². The predicted octanol–water partition coefficient (Wildman–Crippen LogP) is 3.67. The third kappa shape index (κ3) is 3.79.